The van der Waals surface area contributed by atoms with Gasteiger partial charge < -0.3 is 64.4 Å². The highest BCUT2D eigenvalue weighted by Gasteiger charge is 2.76. The summed E-state index contributed by atoms with van der Waals surface area (Å²) in [7, 11) is 0. The molecule has 2 aliphatic heterocycles. The van der Waals surface area contributed by atoms with Crippen LogP contribution < -0.4 is 30.9 Å². The Morgan fingerprint density at radius 2 is 1.47 bits per heavy atom. The minimum absolute atomic E-state index is 0.0247. The van der Waals surface area contributed by atoms with Crippen molar-refractivity contribution in [2.24, 2.45) is 28.6 Å². The summed E-state index contributed by atoms with van der Waals surface area (Å²) in [6, 6.07) is 20.1. The number of carbonyl (C=O) groups excluding carboxylic acids is 7. The summed E-state index contributed by atoms with van der Waals surface area (Å²) in [6.07, 6.45) is 11.6. The maximum Gasteiger partial charge on any atom is 0.247 e. The number of anilines is 2. The van der Waals surface area contributed by atoms with E-state index in [1.54, 1.807) is 48.2 Å². The van der Waals surface area contributed by atoms with E-state index in [0.29, 0.717) is 75.8 Å². The third kappa shape index (κ3) is 15.4. The highest BCUT2D eigenvalue weighted by atomic mass is 16.7. The van der Waals surface area contributed by atoms with Crippen molar-refractivity contribution >= 4 is 64.6 Å². The minimum atomic E-state index is -1.33. The van der Waals surface area contributed by atoms with Gasteiger partial charge in [0.1, 0.15) is 24.4 Å². The fourth-order valence-electron chi connectivity index (χ4n) is 14.2. The van der Waals surface area contributed by atoms with Crippen LogP contribution in [0.3, 0.4) is 0 Å². The summed E-state index contributed by atoms with van der Waals surface area (Å²) in [5, 5.41) is 23.0. The number of carbonyl (C=O) groups is 7. The molecule has 3 saturated carbocycles. The number of benzene rings is 3. The molecular formula is C69H87N5O15. The zero-order valence-electron chi connectivity index (χ0n) is 51.9. The third-order valence-corrected chi connectivity index (χ3v) is 18.6. The lowest BCUT2D eigenvalue weighted by atomic mass is 9.46. The van der Waals surface area contributed by atoms with Crippen molar-refractivity contribution < 1.29 is 71.8 Å². The molecule has 0 unspecified atom stereocenters. The van der Waals surface area contributed by atoms with Crippen molar-refractivity contribution in [3.8, 4) is 5.75 Å². The van der Waals surface area contributed by atoms with Crippen LogP contribution in [-0.4, -0.2) is 148 Å². The Labute approximate surface area is 521 Å². The number of hydrogen-bond donors (Lipinski definition) is 5. The lowest BCUT2D eigenvalue weighted by Gasteiger charge is -2.59. The van der Waals surface area contributed by atoms with Crippen molar-refractivity contribution in [3.63, 3.8) is 0 Å². The number of Topliss-reactive ketones (excluding diaryl/α,β-unsaturated/α-hetero) is 1. The van der Waals surface area contributed by atoms with E-state index in [1.807, 2.05) is 67.6 Å². The van der Waals surface area contributed by atoms with Crippen LogP contribution in [0.25, 0.3) is 12.2 Å². The van der Waals surface area contributed by atoms with Gasteiger partial charge in [0.25, 0.3) is 0 Å². The van der Waals surface area contributed by atoms with Gasteiger partial charge in [-0.1, -0.05) is 100 Å². The number of fused-ring (bicyclic) bond motifs is 9. The Morgan fingerprint density at radius 3 is 2.19 bits per heavy atom. The molecule has 0 aromatic heterocycles. The maximum atomic E-state index is 14.8. The van der Waals surface area contributed by atoms with E-state index >= 15 is 0 Å². The summed E-state index contributed by atoms with van der Waals surface area (Å²) in [5.41, 5.74) is 3.13. The molecule has 4 aliphatic carbocycles. The molecule has 3 aromatic carbocycles. The maximum absolute atomic E-state index is 14.8. The molecule has 5 amide bonds. The van der Waals surface area contributed by atoms with Crippen LogP contribution in [0.15, 0.2) is 109 Å². The molecule has 9 rings (SSSR count). The number of amides is 5. The van der Waals surface area contributed by atoms with Gasteiger partial charge in [-0.2, -0.15) is 0 Å². The van der Waals surface area contributed by atoms with Gasteiger partial charge in [0.15, 0.2) is 17.7 Å². The Morgan fingerprint density at radius 1 is 0.798 bits per heavy atom. The predicted molar refractivity (Wildman–Crippen MR) is 334 cm³/mol. The van der Waals surface area contributed by atoms with Crippen LogP contribution in [0.5, 0.6) is 5.75 Å². The molecule has 0 radical (unpaired) electrons. The molecule has 478 valence electrons. The molecule has 1 saturated heterocycles. The number of ketones is 2. The number of aliphatic hydroxyl groups is 1. The van der Waals surface area contributed by atoms with Gasteiger partial charge in [-0.15, -0.1) is 0 Å². The predicted octanol–water partition coefficient (Wildman–Crippen LogP) is 7.38. The summed E-state index contributed by atoms with van der Waals surface area (Å²) in [6.45, 7) is 15.8. The second-order valence-corrected chi connectivity index (χ2v) is 24.6. The zero-order chi connectivity index (χ0) is 63.3. The van der Waals surface area contributed by atoms with Gasteiger partial charge in [-0.3, -0.25) is 33.6 Å². The van der Waals surface area contributed by atoms with Gasteiger partial charge in [0, 0.05) is 48.2 Å². The number of ether oxygens (including phenoxy) is 7. The number of nitrogens with zero attached hydrogens (tertiary/aromatic N) is 1. The van der Waals surface area contributed by atoms with Gasteiger partial charge in [-0.05, 0) is 123 Å². The molecule has 5 N–H and O–H groups in total. The molecule has 0 spiro atoms. The number of para-hydroxylation sites is 1. The lowest BCUT2D eigenvalue weighted by molar-refractivity contribution is -0.200. The molecule has 89 heavy (non-hydrogen) atoms. The third-order valence-electron chi connectivity index (χ3n) is 18.6. The van der Waals surface area contributed by atoms with Crippen LogP contribution in [0.2, 0.25) is 0 Å². The lowest BCUT2D eigenvalue weighted by Crippen LogP contribution is -2.63. The first kappa shape index (κ1) is 66.3. The molecule has 2 heterocycles. The van der Waals surface area contributed by atoms with Crippen LogP contribution >= 0.6 is 0 Å². The Kier molecular flexibility index (Phi) is 22.4. The molecule has 4 fully saturated rings. The van der Waals surface area contributed by atoms with Gasteiger partial charge in [0.05, 0.1) is 77.3 Å². The van der Waals surface area contributed by atoms with Crippen molar-refractivity contribution in [1.82, 2.24) is 16.0 Å². The number of rotatable bonds is 30. The standard InChI is InChI=1S/C69H87N5O15/c1-7-12-62-88-58-40-54-53-24-19-49-39-51(75)27-29-67(49,5)63(53)56(76)41-68(54,6)69(58,89-62)57(77)43-87-52-22-20-50(21-23-52)72-65(81)45(4)71-66(82)64(44(2)3)73-60(79)28-31-83-33-35-85-37-38-86-36-34-84-32-30-70-59(78)25-26-61(80)74-42-48-15-9-8-13-46(48)17-18-47-14-10-11-16-55(47)74/h8-11,13-18,20-23,27,29,39,45,53-54,56,58,62-64,76H,2,7,12,19,24-26,28,30-38,40-43H2,1,3-6H3,(H,70,78)(H,71,82)(H,72,81)(H,73,79)/t45-,53-,54-,56-,58+,62+,63+,64-,67-,68-,69+/m0/s1. The molecule has 11 atom stereocenters. The average Bonchev–Trinajstić information content (AvgIpc) is 1.57. The van der Waals surface area contributed by atoms with Gasteiger partial charge in [0.2, 0.25) is 35.3 Å². The number of allylic oxidation sites excluding steroid dienone is 4. The van der Waals surface area contributed by atoms with Crippen LogP contribution in [0, 0.1) is 28.6 Å². The fraction of sp³-hybridized carbons (Fsp3) is 0.522. The first-order valence-corrected chi connectivity index (χ1v) is 31.4. The first-order valence-electron chi connectivity index (χ1n) is 31.4. The van der Waals surface area contributed by atoms with Crippen molar-refractivity contribution in [1.29, 1.82) is 0 Å². The smallest absolute Gasteiger partial charge is 0.247 e. The molecule has 20 nitrogen and oxygen atoms in total. The van der Waals surface area contributed by atoms with E-state index in [4.69, 9.17) is 33.2 Å². The SMILES string of the molecule is C=C(C)[C@H](NC(=O)CCOCCOCCOCCOCCNC(=O)CCC(=O)N1Cc2ccccc2C=Cc2ccccc21)C(=O)N[C@@H](C)C(=O)Nc1ccc(OCC(=O)[C@@]23O[C@H](CCC)O[C@@H]2C[C@H]2[C@@H]4CCC5=CC(=O)C=C[C@]5(C)[C@H]4[C@@H](O)C[C@@]23C)cc1. The Balaban J connectivity index is 0.611. The Hall–Kier alpha value is -7.17. The fourth-order valence-corrected chi connectivity index (χ4v) is 14.2. The average molecular weight is 1230 g/mol. The Bertz CT molecular complexity index is 3160. The zero-order valence-corrected chi connectivity index (χ0v) is 51.9. The normalized spacial score (nSPS) is 26.1. The molecule has 3 aromatic rings. The largest absolute Gasteiger partial charge is 0.486 e. The number of nitrogens with one attached hydrogen (secondary N) is 4. The van der Waals surface area contributed by atoms with E-state index in [-0.39, 0.29) is 93.4 Å². The molecule has 6 aliphatic rings. The van der Waals surface area contributed by atoms with Crippen LogP contribution in [0.1, 0.15) is 109 Å². The van der Waals surface area contributed by atoms with Crippen LogP contribution in [0.4, 0.5) is 11.4 Å². The number of hydrogen-bond acceptors (Lipinski definition) is 15. The van der Waals surface area contributed by atoms with Crippen molar-refractivity contribution in [3.05, 3.63) is 125 Å². The van der Waals surface area contributed by atoms with E-state index in [0.717, 1.165) is 47.2 Å². The molecule has 0 bridgehead atoms. The highest BCUT2D eigenvalue weighted by Crippen LogP contribution is 2.70. The monoisotopic (exact) mass is 1230 g/mol. The highest BCUT2D eigenvalue weighted by molar-refractivity contribution is 6.02. The molecular weight excluding hydrogens is 1140 g/mol. The topological polar surface area (TPSA) is 256 Å². The summed E-state index contributed by atoms with van der Waals surface area (Å²) in [4.78, 5) is 94.4. The summed E-state index contributed by atoms with van der Waals surface area (Å²) < 4.78 is 41.7. The second-order valence-electron chi connectivity index (χ2n) is 24.6. The first-order chi connectivity index (χ1) is 42.8. The summed E-state index contributed by atoms with van der Waals surface area (Å²) >= 11 is 0. The summed E-state index contributed by atoms with van der Waals surface area (Å²) in [5.74, 6) is -1.83. The van der Waals surface area contributed by atoms with Gasteiger partial charge in [-0.25, -0.2) is 0 Å². The van der Waals surface area contributed by atoms with E-state index < -0.39 is 64.7 Å². The minimum Gasteiger partial charge on any atom is -0.486 e. The van der Waals surface area contributed by atoms with E-state index in [1.165, 1.54) is 6.92 Å². The number of aliphatic hydroxyl groups excluding tert-OH is 1. The van der Waals surface area contributed by atoms with E-state index in [2.05, 4.69) is 47.8 Å². The van der Waals surface area contributed by atoms with Gasteiger partial charge >= 0.3 is 0 Å². The second kappa shape index (κ2) is 30.1. The molecule has 20 heteroatoms. The van der Waals surface area contributed by atoms with Crippen molar-refractivity contribution in [2.45, 2.75) is 135 Å². The quantitative estimate of drug-likeness (QED) is 0.0322. The van der Waals surface area contributed by atoms with Crippen LogP contribution in [-0.2, 0) is 68.5 Å². The van der Waals surface area contributed by atoms with E-state index in [9.17, 15) is 38.7 Å². The van der Waals surface area contributed by atoms with Crippen molar-refractivity contribution in [2.75, 3.05) is 76.2 Å².